The fourth-order valence-electron chi connectivity index (χ4n) is 2.44. The lowest BCUT2D eigenvalue weighted by molar-refractivity contribution is 0.0752. The molecule has 1 saturated heterocycles. The van der Waals surface area contributed by atoms with Crippen LogP contribution in [0.2, 0.25) is 0 Å². The maximum Gasteiger partial charge on any atom is 0.247 e. The summed E-state index contributed by atoms with van der Waals surface area (Å²) in [4.78, 5) is 2.22. The number of aliphatic hydroxyl groups is 1. The summed E-state index contributed by atoms with van der Waals surface area (Å²) in [6.45, 7) is 2.36. The van der Waals surface area contributed by atoms with Crippen molar-refractivity contribution in [3.05, 3.63) is 30.2 Å². The van der Waals surface area contributed by atoms with Crippen LogP contribution in [0.1, 0.15) is 18.7 Å². The number of methoxy groups -OCH3 is 1. The summed E-state index contributed by atoms with van der Waals surface area (Å²) in [6, 6.07) is 7.53. The van der Waals surface area contributed by atoms with Crippen LogP contribution in [-0.2, 0) is 6.54 Å². The van der Waals surface area contributed by atoms with Gasteiger partial charge in [0.15, 0.2) is 0 Å². The van der Waals surface area contributed by atoms with E-state index in [0.29, 0.717) is 18.3 Å². The van der Waals surface area contributed by atoms with Gasteiger partial charge in [-0.3, -0.25) is 4.90 Å². The van der Waals surface area contributed by atoms with Crippen molar-refractivity contribution in [1.29, 1.82) is 0 Å². The molecule has 1 fully saturated rings. The molecule has 0 atom stereocenters. The molecule has 0 bridgehead atoms. The Balaban J connectivity index is 1.65. The zero-order valence-electron chi connectivity index (χ0n) is 12.0. The number of hydrogen-bond donors (Lipinski definition) is 1. The van der Waals surface area contributed by atoms with Crippen molar-refractivity contribution in [2.45, 2.75) is 25.5 Å². The molecule has 6 heteroatoms. The second kappa shape index (κ2) is 6.24. The lowest BCUT2D eigenvalue weighted by atomic mass is 10.1. The van der Waals surface area contributed by atoms with Crippen LogP contribution in [0.25, 0.3) is 11.5 Å². The third kappa shape index (κ3) is 3.40. The monoisotopic (exact) mass is 289 g/mol. The Morgan fingerprint density at radius 1 is 1.24 bits per heavy atom. The van der Waals surface area contributed by atoms with E-state index in [1.165, 1.54) is 0 Å². The molecule has 1 aromatic heterocycles. The van der Waals surface area contributed by atoms with Gasteiger partial charge in [-0.2, -0.15) is 0 Å². The topological polar surface area (TPSA) is 71.6 Å². The predicted molar refractivity (Wildman–Crippen MR) is 76.8 cm³/mol. The third-order valence-corrected chi connectivity index (χ3v) is 3.72. The van der Waals surface area contributed by atoms with Gasteiger partial charge in [0.25, 0.3) is 0 Å². The quantitative estimate of drug-likeness (QED) is 0.923. The number of piperidine rings is 1. The van der Waals surface area contributed by atoms with Crippen LogP contribution < -0.4 is 4.74 Å². The van der Waals surface area contributed by atoms with Crippen molar-refractivity contribution in [2.75, 3.05) is 20.2 Å². The van der Waals surface area contributed by atoms with Crippen LogP contribution in [0, 0.1) is 0 Å². The molecule has 1 N–H and O–H groups in total. The number of nitrogens with zero attached hydrogens (tertiary/aromatic N) is 3. The van der Waals surface area contributed by atoms with Crippen molar-refractivity contribution in [3.8, 4) is 17.2 Å². The second-order valence-corrected chi connectivity index (χ2v) is 5.24. The van der Waals surface area contributed by atoms with Crippen LogP contribution >= 0.6 is 0 Å². The summed E-state index contributed by atoms with van der Waals surface area (Å²) in [6.07, 6.45) is 1.44. The predicted octanol–water partition coefficient (Wildman–Crippen LogP) is 1.70. The third-order valence-electron chi connectivity index (χ3n) is 3.72. The minimum atomic E-state index is -0.168. The smallest absolute Gasteiger partial charge is 0.247 e. The van der Waals surface area contributed by atoms with Crippen molar-refractivity contribution >= 4 is 0 Å². The number of aliphatic hydroxyl groups excluding tert-OH is 1. The number of likely N-dealkylation sites (tertiary alicyclic amines) is 1. The molecule has 0 spiro atoms. The lowest BCUT2D eigenvalue weighted by Gasteiger charge is -2.27. The van der Waals surface area contributed by atoms with Gasteiger partial charge in [0.1, 0.15) is 5.75 Å². The molecular weight excluding hydrogens is 270 g/mol. The summed E-state index contributed by atoms with van der Waals surface area (Å²) in [5.41, 5.74) is 0.878. The van der Waals surface area contributed by atoms with Gasteiger partial charge in [0.05, 0.1) is 19.8 Å². The molecule has 112 valence electrons. The molecule has 21 heavy (non-hydrogen) atoms. The fourth-order valence-corrected chi connectivity index (χ4v) is 2.44. The standard InChI is InChI=1S/C15H19N3O3/c1-20-13-4-2-11(3-5-13)15-17-16-14(21-15)10-18-8-6-12(19)7-9-18/h2-5,12,19H,6-10H2,1H3. The Morgan fingerprint density at radius 3 is 2.62 bits per heavy atom. The minimum Gasteiger partial charge on any atom is -0.497 e. The van der Waals surface area contributed by atoms with E-state index in [9.17, 15) is 5.11 Å². The van der Waals surface area contributed by atoms with Gasteiger partial charge in [-0.25, -0.2) is 0 Å². The van der Waals surface area contributed by atoms with E-state index in [0.717, 1.165) is 37.2 Å². The molecule has 6 nitrogen and oxygen atoms in total. The molecule has 0 unspecified atom stereocenters. The highest BCUT2D eigenvalue weighted by molar-refractivity contribution is 5.53. The summed E-state index contributed by atoms with van der Waals surface area (Å²) in [5, 5.41) is 17.7. The van der Waals surface area contributed by atoms with Gasteiger partial charge in [0, 0.05) is 18.7 Å². The summed E-state index contributed by atoms with van der Waals surface area (Å²) < 4.78 is 10.8. The van der Waals surface area contributed by atoms with E-state index in [-0.39, 0.29) is 6.10 Å². The normalized spacial score (nSPS) is 17.0. The lowest BCUT2D eigenvalue weighted by Crippen LogP contribution is -2.35. The summed E-state index contributed by atoms with van der Waals surface area (Å²) in [5.74, 6) is 1.92. The first-order chi connectivity index (χ1) is 10.2. The SMILES string of the molecule is COc1ccc(-c2nnc(CN3CCC(O)CC3)o2)cc1. The fraction of sp³-hybridized carbons (Fsp3) is 0.467. The van der Waals surface area contributed by atoms with Crippen molar-refractivity contribution in [2.24, 2.45) is 0 Å². The Hall–Kier alpha value is -1.92. The molecule has 0 radical (unpaired) electrons. The molecular formula is C15H19N3O3. The summed E-state index contributed by atoms with van der Waals surface area (Å²) >= 11 is 0. The van der Waals surface area contributed by atoms with Gasteiger partial charge in [-0.15, -0.1) is 10.2 Å². The van der Waals surface area contributed by atoms with E-state index < -0.39 is 0 Å². The van der Waals surface area contributed by atoms with E-state index in [4.69, 9.17) is 9.15 Å². The Bertz CT molecular complexity index is 574. The molecule has 3 rings (SSSR count). The number of rotatable bonds is 4. The molecule has 0 saturated carbocycles. The number of aromatic nitrogens is 2. The van der Waals surface area contributed by atoms with Crippen LogP contribution in [0.3, 0.4) is 0 Å². The highest BCUT2D eigenvalue weighted by Crippen LogP contribution is 2.22. The van der Waals surface area contributed by atoms with Crippen molar-refractivity contribution in [1.82, 2.24) is 15.1 Å². The van der Waals surface area contributed by atoms with E-state index >= 15 is 0 Å². The molecule has 0 aliphatic carbocycles. The first-order valence-corrected chi connectivity index (χ1v) is 7.12. The minimum absolute atomic E-state index is 0.168. The average molecular weight is 289 g/mol. The van der Waals surface area contributed by atoms with E-state index in [1.54, 1.807) is 7.11 Å². The Kier molecular flexibility index (Phi) is 4.17. The van der Waals surface area contributed by atoms with Crippen molar-refractivity contribution in [3.63, 3.8) is 0 Å². The van der Waals surface area contributed by atoms with Gasteiger partial charge >= 0.3 is 0 Å². The van der Waals surface area contributed by atoms with Gasteiger partial charge in [-0.1, -0.05) is 0 Å². The van der Waals surface area contributed by atoms with Crippen molar-refractivity contribution < 1.29 is 14.3 Å². The second-order valence-electron chi connectivity index (χ2n) is 5.24. The van der Waals surface area contributed by atoms with Gasteiger partial charge in [0.2, 0.25) is 11.8 Å². The summed E-state index contributed by atoms with van der Waals surface area (Å²) in [7, 11) is 1.63. The van der Waals surface area contributed by atoms with Crippen LogP contribution in [0.4, 0.5) is 0 Å². The molecule has 1 aliphatic rings. The maximum atomic E-state index is 9.50. The highest BCUT2D eigenvalue weighted by Gasteiger charge is 2.19. The first-order valence-electron chi connectivity index (χ1n) is 7.12. The van der Waals surface area contributed by atoms with Gasteiger partial charge in [-0.05, 0) is 37.1 Å². The maximum absolute atomic E-state index is 9.50. The first kappa shape index (κ1) is 14.0. The zero-order chi connectivity index (χ0) is 14.7. The molecule has 0 amide bonds. The van der Waals surface area contributed by atoms with Crippen LogP contribution in [0.15, 0.2) is 28.7 Å². The number of ether oxygens (including phenoxy) is 1. The molecule has 2 aromatic rings. The average Bonchev–Trinajstić information content (AvgIpc) is 2.98. The molecule has 2 heterocycles. The number of benzene rings is 1. The molecule has 1 aliphatic heterocycles. The Morgan fingerprint density at radius 2 is 1.95 bits per heavy atom. The Labute approximate surface area is 123 Å². The van der Waals surface area contributed by atoms with Crippen LogP contribution in [0.5, 0.6) is 5.75 Å². The molecule has 1 aromatic carbocycles. The van der Waals surface area contributed by atoms with Crippen LogP contribution in [-0.4, -0.2) is 46.5 Å². The highest BCUT2D eigenvalue weighted by atomic mass is 16.5. The largest absolute Gasteiger partial charge is 0.497 e. The number of hydrogen-bond acceptors (Lipinski definition) is 6. The van der Waals surface area contributed by atoms with Gasteiger partial charge < -0.3 is 14.3 Å². The van der Waals surface area contributed by atoms with E-state index in [2.05, 4.69) is 15.1 Å². The zero-order valence-corrected chi connectivity index (χ0v) is 12.0. The van der Waals surface area contributed by atoms with E-state index in [1.807, 2.05) is 24.3 Å².